The Balaban J connectivity index is 3.10. The lowest BCUT2D eigenvalue weighted by Crippen LogP contribution is -1.84. The summed E-state index contributed by atoms with van der Waals surface area (Å²) >= 11 is 0. The number of benzene rings is 1. The van der Waals surface area contributed by atoms with Crippen molar-refractivity contribution in [2.75, 3.05) is 0 Å². The molecule has 1 rings (SSSR count). The first-order valence-corrected chi connectivity index (χ1v) is 4.52. The van der Waals surface area contributed by atoms with Crippen LogP contribution < -0.4 is 0 Å². The molecule has 0 amide bonds. The van der Waals surface area contributed by atoms with Crippen LogP contribution in [0.1, 0.15) is 23.6 Å². The zero-order valence-corrected chi connectivity index (χ0v) is 8.59. The molecule has 68 valence electrons. The molecule has 13 heavy (non-hydrogen) atoms. The molecule has 0 aromatic heterocycles. The van der Waals surface area contributed by atoms with Crippen LogP contribution in [0.5, 0.6) is 0 Å². The molecule has 0 heterocycles. The van der Waals surface area contributed by atoms with E-state index >= 15 is 0 Å². The van der Waals surface area contributed by atoms with Crippen LogP contribution in [-0.4, -0.2) is 0 Å². The van der Waals surface area contributed by atoms with Crippen LogP contribution in [0.3, 0.4) is 0 Å². The summed E-state index contributed by atoms with van der Waals surface area (Å²) in [5.41, 5.74) is 5.23. The number of hydrogen-bond acceptors (Lipinski definition) is 0. The van der Waals surface area contributed by atoms with E-state index in [9.17, 15) is 0 Å². The molecule has 1 aromatic rings. The minimum atomic E-state index is 1.26. The summed E-state index contributed by atoms with van der Waals surface area (Å²) < 4.78 is 0. The molecule has 0 N–H and O–H groups in total. The lowest BCUT2D eigenvalue weighted by atomic mass is 10.0. The lowest BCUT2D eigenvalue weighted by Gasteiger charge is -2.04. The van der Waals surface area contributed by atoms with Crippen molar-refractivity contribution in [3.8, 4) is 0 Å². The van der Waals surface area contributed by atoms with Gasteiger partial charge in [-0.3, -0.25) is 0 Å². The number of hydrogen-bond donors (Lipinski definition) is 0. The normalized spacial score (nSPS) is 11.5. The van der Waals surface area contributed by atoms with Gasteiger partial charge in [0.15, 0.2) is 0 Å². The number of rotatable bonds is 2. The largest absolute Gasteiger partial charge is 0.0991 e. The van der Waals surface area contributed by atoms with Crippen LogP contribution in [-0.2, 0) is 0 Å². The zero-order chi connectivity index (χ0) is 9.84. The fourth-order valence-electron chi connectivity index (χ4n) is 1.26. The van der Waals surface area contributed by atoms with Gasteiger partial charge in [-0.25, -0.2) is 0 Å². The predicted molar refractivity (Wildman–Crippen MR) is 59.8 cm³/mol. The third kappa shape index (κ3) is 2.32. The van der Waals surface area contributed by atoms with Gasteiger partial charge < -0.3 is 0 Å². The Morgan fingerprint density at radius 3 is 2.46 bits per heavy atom. The SMILES string of the molecule is C=C/C=C(\C)c1ccc(C)c(C)c1. The molecule has 0 unspecified atom stereocenters. The molecule has 0 atom stereocenters. The molecule has 0 radical (unpaired) electrons. The first kappa shape index (κ1) is 9.79. The zero-order valence-electron chi connectivity index (χ0n) is 8.59. The molecule has 0 heteroatoms. The molecule has 1 aromatic carbocycles. The highest BCUT2D eigenvalue weighted by atomic mass is 14.0. The highest BCUT2D eigenvalue weighted by molar-refractivity contribution is 5.65. The fraction of sp³-hybridized carbons (Fsp3) is 0.231. The van der Waals surface area contributed by atoms with Crippen LogP contribution in [0.2, 0.25) is 0 Å². The fourth-order valence-corrected chi connectivity index (χ4v) is 1.26. The summed E-state index contributed by atoms with van der Waals surface area (Å²) in [5.74, 6) is 0. The predicted octanol–water partition coefficient (Wildman–Crippen LogP) is 3.89. The summed E-state index contributed by atoms with van der Waals surface area (Å²) in [7, 11) is 0. The van der Waals surface area contributed by atoms with E-state index < -0.39 is 0 Å². The Bertz CT molecular complexity index is 343. The van der Waals surface area contributed by atoms with E-state index in [1.807, 2.05) is 12.2 Å². The maximum absolute atomic E-state index is 3.69. The van der Waals surface area contributed by atoms with Gasteiger partial charge in [-0.1, -0.05) is 36.9 Å². The van der Waals surface area contributed by atoms with Crippen molar-refractivity contribution >= 4 is 5.57 Å². The van der Waals surface area contributed by atoms with Crippen LogP contribution in [0.15, 0.2) is 36.9 Å². The van der Waals surface area contributed by atoms with Gasteiger partial charge >= 0.3 is 0 Å². The van der Waals surface area contributed by atoms with Crippen molar-refractivity contribution in [1.82, 2.24) is 0 Å². The van der Waals surface area contributed by atoms with E-state index in [0.29, 0.717) is 0 Å². The van der Waals surface area contributed by atoms with E-state index in [1.165, 1.54) is 22.3 Å². The summed E-state index contributed by atoms with van der Waals surface area (Å²) in [4.78, 5) is 0. The van der Waals surface area contributed by atoms with Gasteiger partial charge in [0.1, 0.15) is 0 Å². The van der Waals surface area contributed by atoms with E-state index in [2.05, 4.69) is 45.5 Å². The summed E-state index contributed by atoms with van der Waals surface area (Å²) in [6.07, 6.45) is 3.86. The third-order valence-corrected chi connectivity index (χ3v) is 2.33. The maximum atomic E-state index is 3.69. The van der Waals surface area contributed by atoms with Gasteiger partial charge in [0.2, 0.25) is 0 Å². The summed E-state index contributed by atoms with van der Waals surface area (Å²) in [6.45, 7) is 10.1. The second kappa shape index (κ2) is 4.08. The first-order chi connectivity index (χ1) is 6.15. The van der Waals surface area contributed by atoms with Crippen molar-refractivity contribution in [1.29, 1.82) is 0 Å². The van der Waals surface area contributed by atoms with Gasteiger partial charge in [0.25, 0.3) is 0 Å². The lowest BCUT2D eigenvalue weighted by molar-refractivity contribution is 1.33. The van der Waals surface area contributed by atoms with E-state index in [4.69, 9.17) is 0 Å². The number of allylic oxidation sites excluding steroid dienone is 3. The first-order valence-electron chi connectivity index (χ1n) is 4.52. The quantitative estimate of drug-likeness (QED) is 0.594. The maximum Gasteiger partial charge on any atom is -0.0225 e. The molecule has 0 nitrogen and oxygen atoms in total. The molecule has 0 aliphatic heterocycles. The molecule has 0 spiro atoms. The molecule has 0 saturated carbocycles. The standard InChI is InChI=1S/C13H16/c1-5-6-11(3)13-8-7-10(2)12(4)9-13/h5-9H,1H2,2-4H3/b11-6+. The second-order valence-corrected chi connectivity index (χ2v) is 3.38. The van der Waals surface area contributed by atoms with Gasteiger partial charge in [0.05, 0.1) is 0 Å². The van der Waals surface area contributed by atoms with Crippen LogP contribution in [0.25, 0.3) is 5.57 Å². The van der Waals surface area contributed by atoms with Crippen LogP contribution in [0.4, 0.5) is 0 Å². The Labute approximate surface area is 80.6 Å². The summed E-state index contributed by atoms with van der Waals surface area (Å²) in [5, 5.41) is 0. The average molecular weight is 172 g/mol. The van der Waals surface area contributed by atoms with E-state index in [1.54, 1.807) is 0 Å². The number of aryl methyl sites for hydroxylation is 2. The van der Waals surface area contributed by atoms with Crippen molar-refractivity contribution in [3.05, 3.63) is 53.6 Å². The Morgan fingerprint density at radius 2 is 1.92 bits per heavy atom. The van der Waals surface area contributed by atoms with Crippen molar-refractivity contribution in [2.45, 2.75) is 20.8 Å². The van der Waals surface area contributed by atoms with Gasteiger partial charge in [-0.2, -0.15) is 0 Å². The molecule has 0 saturated heterocycles. The average Bonchev–Trinajstić information content (AvgIpc) is 2.10. The van der Waals surface area contributed by atoms with Crippen molar-refractivity contribution in [3.63, 3.8) is 0 Å². The van der Waals surface area contributed by atoms with Crippen LogP contribution in [0, 0.1) is 13.8 Å². The minimum absolute atomic E-state index is 1.26. The summed E-state index contributed by atoms with van der Waals surface area (Å²) in [6, 6.07) is 6.52. The highest BCUT2D eigenvalue weighted by Crippen LogP contribution is 2.17. The molecular weight excluding hydrogens is 156 g/mol. The van der Waals surface area contributed by atoms with E-state index in [-0.39, 0.29) is 0 Å². The highest BCUT2D eigenvalue weighted by Gasteiger charge is 1.96. The van der Waals surface area contributed by atoms with Crippen molar-refractivity contribution < 1.29 is 0 Å². The van der Waals surface area contributed by atoms with E-state index in [0.717, 1.165) is 0 Å². The third-order valence-electron chi connectivity index (χ3n) is 2.33. The molecule has 0 aliphatic rings. The molecule has 0 fully saturated rings. The van der Waals surface area contributed by atoms with Crippen LogP contribution >= 0.6 is 0 Å². The van der Waals surface area contributed by atoms with Gasteiger partial charge in [-0.15, -0.1) is 0 Å². The second-order valence-electron chi connectivity index (χ2n) is 3.38. The Morgan fingerprint density at radius 1 is 1.23 bits per heavy atom. The smallest absolute Gasteiger partial charge is 0.0225 e. The molecular formula is C13H16. The topological polar surface area (TPSA) is 0 Å². The van der Waals surface area contributed by atoms with Gasteiger partial charge in [-0.05, 0) is 43.0 Å². The minimum Gasteiger partial charge on any atom is -0.0991 e. The molecule has 0 bridgehead atoms. The van der Waals surface area contributed by atoms with Gasteiger partial charge in [0, 0.05) is 0 Å². The Hall–Kier alpha value is -1.30. The van der Waals surface area contributed by atoms with Crippen molar-refractivity contribution in [2.24, 2.45) is 0 Å². The Kier molecular flexibility index (Phi) is 3.07. The monoisotopic (exact) mass is 172 g/mol. The molecule has 0 aliphatic carbocycles.